The molecular weight excluding hydrogens is 108 g/mol. The van der Waals surface area contributed by atoms with Crippen LogP contribution in [0, 0.1) is 17.8 Å². The summed E-state index contributed by atoms with van der Waals surface area (Å²) in [6.45, 7) is 6.46. The predicted molar refractivity (Wildman–Crippen MR) is 39.1 cm³/mol. The van der Waals surface area contributed by atoms with E-state index in [0.717, 1.165) is 17.8 Å². The minimum atomic E-state index is 0.920. The van der Waals surface area contributed by atoms with Gasteiger partial charge in [-0.05, 0) is 37.0 Å². The highest BCUT2D eigenvalue weighted by Gasteiger charge is 2.42. The highest BCUT2D eigenvalue weighted by Crippen LogP contribution is 2.52. The van der Waals surface area contributed by atoms with E-state index in [-0.39, 0.29) is 0 Å². The molecule has 0 nitrogen and oxygen atoms in total. The van der Waals surface area contributed by atoms with Crippen LogP contribution >= 0.6 is 0 Å². The van der Waals surface area contributed by atoms with E-state index >= 15 is 0 Å². The van der Waals surface area contributed by atoms with Crippen molar-refractivity contribution in [1.82, 2.24) is 0 Å². The molecule has 0 radical (unpaired) electrons. The van der Waals surface area contributed by atoms with Crippen LogP contribution in [0.1, 0.15) is 26.2 Å². The van der Waals surface area contributed by atoms with Crippen molar-refractivity contribution in [3.8, 4) is 0 Å². The molecule has 0 aromatic carbocycles. The maximum absolute atomic E-state index is 4.08. The van der Waals surface area contributed by atoms with Crippen LogP contribution in [0.2, 0.25) is 0 Å². The normalized spacial score (nSPS) is 48.6. The first-order chi connectivity index (χ1) is 4.29. The molecule has 0 heterocycles. The van der Waals surface area contributed by atoms with Gasteiger partial charge in [0.25, 0.3) is 0 Å². The van der Waals surface area contributed by atoms with E-state index in [1.54, 1.807) is 0 Å². The summed E-state index contributed by atoms with van der Waals surface area (Å²) in [6, 6.07) is 0. The van der Waals surface area contributed by atoms with Crippen molar-refractivity contribution < 1.29 is 0 Å². The molecule has 50 valence electrons. The van der Waals surface area contributed by atoms with Gasteiger partial charge in [-0.2, -0.15) is 0 Å². The maximum atomic E-state index is 4.08. The van der Waals surface area contributed by atoms with Crippen molar-refractivity contribution in [2.45, 2.75) is 26.2 Å². The van der Waals surface area contributed by atoms with E-state index < -0.39 is 0 Å². The summed E-state index contributed by atoms with van der Waals surface area (Å²) in [4.78, 5) is 0. The molecule has 0 saturated heterocycles. The lowest BCUT2D eigenvalue weighted by atomic mass is 9.56. The van der Waals surface area contributed by atoms with Gasteiger partial charge in [-0.3, -0.25) is 0 Å². The highest BCUT2D eigenvalue weighted by molar-refractivity contribution is 5.13. The Morgan fingerprint density at radius 1 is 1.56 bits per heavy atom. The molecule has 2 bridgehead atoms. The molecule has 3 saturated carbocycles. The van der Waals surface area contributed by atoms with Crippen LogP contribution < -0.4 is 0 Å². The molecule has 3 rings (SSSR count). The van der Waals surface area contributed by atoms with Crippen molar-refractivity contribution in [2.24, 2.45) is 17.8 Å². The third-order valence-electron chi connectivity index (χ3n) is 3.30. The van der Waals surface area contributed by atoms with Gasteiger partial charge >= 0.3 is 0 Å². The van der Waals surface area contributed by atoms with E-state index in [0.29, 0.717) is 0 Å². The number of rotatable bonds is 0. The number of fused-ring (bicyclic) bond motifs is 2. The average Bonchev–Trinajstić information content (AvgIpc) is 1.86. The van der Waals surface area contributed by atoms with Crippen LogP contribution in [-0.2, 0) is 0 Å². The van der Waals surface area contributed by atoms with Gasteiger partial charge in [0.05, 0.1) is 0 Å². The smallest absolute Gasteiger partial charge is 0.0175 e. The molecule has 0 N–H and O–H groups in total. The van der Waals surface area contributed by atoms with E-state index in [9.17, 15) is 0 Å². The molecule has 3 atom stereocenters. The summed E-state index contributed by atoms with van der Waals surface area (Å²) in [5.74, 6) is 2.97. The first-order valence-corrected chi connectivity index (χ1v) is 3.96. The van der Waals surface area contributed by atoms with Crippen molar-refractivity contribution in [2.75, 3.05) is 0 Å². The molecule has 9 heavy (non-hydrogen) atoms. The van der Waals surface area contributed by atoms with Gasteiger partial charge in [-0.15, -0.1) is 0 Å². The predicted octanol–water partition coefficient (Wildman–Crippen LogP) is 2.61. The topological polar surface area (TPSA) is 0 Å². The molecule has 3 aliphatic rings. The molecule has 0 aromatic rings. The second kappa shape index (κ2) is 1.62. The van der Waals surface area contributed by atoms with Gasteiger partial charge in [0.2, 0.25) is 0 Å². The molecule has 3 fully saturated rings. The average molecular weight is 122 g/mol. The third-order valence-corrected chi connectivity index (χ3v) is 3.30. The molecule has 0 aromatic heterocycles. The fourth-order valence-electron chi connectivity index (χ4n) is 2.36. The molecular formula is C9H14. The molecule has 0 aliphatic heterocycles. The molecule has 0 amide bonds. The van der Waals surface area contributed by atoms with E-state index in [1.165, 1.54) is 24.8 Å². The largest absolute Gasteiger partial charge is 0.0996 e. The SMILES string of the molecule is C=C1CC[C@@H]2C[C@H]1C2C. The Morgan fingerprint density at radius 3 is 2.67 bits per heavy atom. The monoisotopic (exact) mass is 122 g/mol. The lowest BCUT2D eigenvalue weighted by Gasteiger charge is -2.49. The zero-order chi connectivity index (χ0) is 6.43. The lowest BCUT2D eigenvalue weighted by molar-refractivity contribution is 0.0749. The summed E-state index contributed by atoms with van der Waals surface area (Å²) in [7, 11) is 0. The lowest BCUT2D eigenvalue weighted by Crippen LogP contribution is -2.39. The van der Waals surface area contributed by atoms with Crippen molar-refractivity contribution >= 4 is 0 Å². The standard InChI is InChI=1S/C9H14/c1-6-3-4-8-5-9(6)7(8)2/h7-9H,1,3-5H2,2H3/t7?,8-,9-/m1/s1. The van der Waals surface area contributed by atoms with Crippen molar-refractivity contribution in [1.29, 1.82) is 0 Å². The highest BCUT2D eigenvalue weighted by atomic mass is 14.5. The van der Waals surface area contributed by atoms with Gasteiger partial charge in [0.15, 0.2) is 0 Å². The molecule has 0 spiro atoms. The number of hydrogen-bond donors (Lipinski definition) is 0. The summed E-state index contributed by atoms with van der Waals surface area (Å²) >= 11 is 0. The first kappa shape index (κ1) is 5.52. The third kappa shape index (κ3) is 0.593. The van der Waals surface area contributed by atoms with Crippen LogP contribution in [0.3, 0.4) is 0 Å². The number of allylic oxidation sites excluding steroid dienone is 1. The zero-order valence-electron chi connectivity index (χ0n) is 6.06. The first-order valence-electron chi connectivity index (χ1n) is 3.96. The second-order valence-corrected chi connectivity index (χ2v) is 3.66. The quantitative estimate of drug-likeness (QED) is 0.433. The zero-order valence-corrected chi connectivity index (χ0v) is 6.06. The molecule has 1 unspecified atom stereocenters. The Labute approximate surface area is 57.0 Å². The van der Waals surface area contributed by atoms with E-state index in [2.05, 4.69) is 13.5 Å². The Hall–Kier alpha value is -0.260. The summed E-state index contributed by atoms with van der Waals surface area (Å²) < 4.78 is 0. The summed E-state index contributed by atoms with van der Waals surface area (Å²) in [5, 5.41) is 0. The second-order valence-electron chi connectivity index (χ2n) is 3.66. The van der Waals surface area contributed by atoms with E-state index in [1.807, 2.05) is 0 Å². The van der Waals surface area contributed by atoms with Crippen LogP contribution in [0.4, 0.5) is 0 Å². The Balaban J connectivity index is 2.14. The molecule has 0 heteroatoms. The van der Waals surface area contributed by atoms with Gasteiger partial charge in [0, 0.05) is 0 Å². The van der Waals surface area contributed by atoms with Crippen LogP contribution in [-0.4, -0.2) is 0 Å². The molecule has 3 aliphatic carbocycles. The maximum Gasteiger partial charge on any atom is -0.0175 e. The van der Waals surface area contributed by atoms with Gasteiger partial charge in [-0.1, -0.05) is 19.1 Å². The van der Waals surface area contributed by atoms with Crippen molar-refractivity contribution in [3.05, 3.63) is 12.2 Å². The van der Waals surface area contributed by atoms with Crippen LogP contribution in [0.15, 0.2) is 12.2 Å². The van der Waals surface area contributed by atoms with Gasteiger partial charge in [0.1, 0.15) is 0 Å². The fraction of sp³-hybridized carbons (Fsp3) is 0.778. The van der Waals surface area contributed by atoms with Gasteiger partial charge < -0.3 is 0 Å². The Kier molecular flexibility index (Phi) is 0.992. The minimum Gasteiger partial charge on any atom is -0.0996 e. The fourth-order valence-corrected chi connectivity index (χ4v) is 2.36. The minimum absolute atomic E-state index is 0.920. The van der Waals surface area contributed by atoms with Crippen LogP contribution in [0.25, 0.3) is 0 Å². The Morgan fingerprint density at radius 2 is 2.33 bits per heavy atom. The van der Waals surface area contributed by atoms with Crippen LogP contribution in [0.5, 0.6) is 0 Å². The van der Waals surface area contributed by atoms with E-state index in [4.69, 9.17) is 0 Å². The van der Waals surface area contributed by atoms with Crippen molar-refractivity contribution in [3.63, 3.8) is 0 Å². The van der Waals surface area contributed by atoms with Gasteiger partial charge in [-0.25, -0.2) is 0 Å². The summed E-state index contributed by atoms with van der Waals surface area (Å²) in [6.07, 6.45) is 4.20. The Bertz CT molecular complexity index is 144. The number of hydrogen-bond acceptors (Lipinski definition) is 0. The summed E-state index contributed by atoms with van der Waals surface area (Å²) in [5.41, 5.74) is 1.53.